The number of hydrogen-bond acceptors (Lipinski definition) is 7. The number of nitrogens with zero attached hydrogens (tertiary/aromatic N) is 6. The number of benzene rings is 2. The smallest absolute Gasteiger partial charge is 0.244 e. The minimum atomic E-state index is 0.0108. The predicted molar refractivity (Wildman–Crippen MR) is 137 cm³/mol. The first kappa shape index (κ1) is 23.3. The summed E-state index contributed by atoms with van der Waals surface area (Å²) in [6, 6.07) is 23.1. The second-order valence-electron chi connectivity index (χ2n) is 8.42. The van der Waals surface area contributed by atoms with Crippen molar-refractivity contribution in [3.63, 3.8) is 0 Å². The fourth-order valence-corrected chi connectivity index (χ4v) is 4.22. The summed E-state index contributed by atoms with van der Waals surface area (Å²) in [6.45, 7) is 2.74. The molecule has 0 radical (unpaired) electrons. The van der Waals surface area contributed by atoms with Crippen molar-refractivity contribution in [3.8, 4) is 34.4 Å². The van der Waals surface area contributed by atoms with Crippen molar-refractivity contribution in [1.29, 1.82) is 0 Å². The van der Waals surface area contributed by atoms with E-state index >= 15 is 0 Å². The Kier molecular flexibility index (Phi) is 6.79. The number of amides is 1. The molecule has 0 bridgehead atoms. The second kappa shape index (κ2) is 10.5. The van der Waals surface area contributed by atoms with Crippen molar-refractivity contribution >= 4 is 11.7 Å². The molecule has 0 aliphatic carbocycles. The Morgan fingerprint density at radius 3 is 2.25 bits per heavy atom. The van der Waals surface area contributed by atoms with Gasteiger partial charge in [-0.05, 0) is 30.3 Å². The van der Waals surface area contributed by atoms with Crippen LogP contribution in [0.3, 0.4) is 0 Å². The number of anilines is 1. The molecule has 1 aliphatic heterocycles. The molecule has 36 heavy (non-hydrogen) atoms. The van der Waals surface area contributed by atoms with E-state index in [-0.39, 0.29) is 12.5 Å². The SMILES string of the molecule is COc1ccc(-c2nc(-c3ccccc3)n(CC(=O)N3CCN(c4cccc(OC)n4)CC3)n2)cc1. The van der Waals surface area contributed by atoms with E-state index in [2.05, 4.69) is 9.88 Å². The van der Waals surface area contributed by atoms with E-state index in [0.29, 0.717) is 43.7 Å². The van der Waals surface area contributed by atoms with Gasteiger partial charge in [0.1, 0.15) is 18.1 Å². The third kappa shape index (κ3) is 5.00. The maximum absolute atomic E-state index is 13.3. The van der Waals surface area contributed by atoms with Gasteiger partial charge in [-0.15, -0.1) is 5.10 Å². The predicted octanol–water partition coefficient (Wildman–Crippen LogP) is 3.37. The zero-order chi connectivity index (χ0) is 24.9. The van der Waals surface area contributed by atoms with Crippen LogP contribution in [0.1, 0.15) is 0 Å². The first-order chi connectivity index (χ1) is 17.6. The Bertz CT molecular complexity index is 1320. The average Bonchev–Trinajstić information content (AvgIpc) is 3.37. The Balaban J connectivity index is 1.33. The van der Waals surface area contributed by atoms with Gasteiger partial charge in [-0.2, -0.15) is 4.98 Å². The summed E-state index contributed by atoms with van der Waals surface area (Å²) in [5.41, 5.74) is 1.77. The molecule has 1 saturated heterocycles. The molecule has 4 aromatic rings. The molecule has 0 saturated carbocycles. The highest BCUT2D eigenvalue weighted by Crippen LogP contribution is 2.24. The van der Waals surface area contributed by atoms with Gasteiger partial charge in [0.2, 0.25) is 11.8 Å². The Morgan fingerprint density at radius 2 is 1.56 bits per heavy atom. The van der Waals surface area contributed by atoms with Gasteiger partial charge >= 0.3 is 0 Å². The molecule has 9 nitrogen and oxygen atoms in total. The number of ether oxygens (including phenoxy) is 2. The van der Waals surface area contributed by atoms with E-state index in [1.807, 2.05) is 77.7 Å². The molecule has 0 atom stereocenters. The number of pyridine rings is 1. The van der Waals surface area contributed by atoms with Gasteiger partial charge in [0, 0.05) is 43.4 Å². The normalized spacial score (nSPS) is 13.5. The lowest BCUT2D eigenvalue weighted by molar-refractivity contribution is -0.132. The summed E-state index contributed by atoms with van der Waals surface area (Å²) in [5.74, 6) is 3.44. The minimum absolute atomic E-state index is 0.0108. The Morgan fingerprint density at radius 1 is 0.806 bits per heavy atom. The van der Waals surface area contributed by atoms with E-state index in [1.165, 1.54) is 0 Å². The molecule has 1 fully saturated rings. The van der Waals surface area contributed by atoms with Crippen molar-refractivity contribution in [3.05, 3.63) is 72.8 Å². The van der Waals surface area contributed by atoms with Crippen LogP contribution in [0.4, 0.5) is 5.82 Å². The fourth-order valence-electron chi connectivity index (χ4n) is 4.22. The molecule has 5 rings (SSSR count). The zero-order valence-corrected chi connectivity index (χ0v) is 20.4. The standard InChI is InChI=1S/C27H28N6O3/c1-35-22-13-11-20(12-14-22)26-29-27(21-7-4-3-5-8-21)33(30-26)19-25(34)32-17-15-31(16-18-32)23-9-6-10-24(28-23)36-2/h3-14H,15-19H2,1-2H3. The highest BCUT2D eigenvalue weighted by Gasteiger charge is 2.24. The summed E-state index contributed by atoms with van der Waals surface area (Å²) in [5, 5.41) is 4.71. The maximum Gasteiger partial charge on any atom is 0.244 e. The topological polar surface area (TPSA) is 85.6 Å². The first-order valence-corrected chi connectivity index (χ1v) is 11.8. The van der Waals surface area contributed by atoms with Gasteiger partial charge in [-0.25, -0.2) is 9.67 Å². The van der Waals surface area contributed by atoms with Gasteiger partial charge in [0.15, 0.2) is 11.6 Å². The molecule has 2 aromatic heterocycles. The monoisotopic (exact) mass is 484 g/mol. The van der Waals surface area contributed by atoms with Crippen LogP contribution in [0.5, 0.6) is 11.6 Å². The van der Waals surface area contributed by atoms with Crippen LogP contribution < -0.4 is 14.4 Å². The van der Waals surface area contributed by atoms with Gasteiger partial charge < -0.3 is 19.3 Å². The van der Waals surface area contributed by atoms with E-state index in [4.69, 9.17) is 19.6 Å². The average molecular weight is 485 g/mol. The van der Waals surface area contributed by atoms with Crippen molar-refractivity contribution in [2.45, 2.75) is 6.54 Å². The van der Waals surface area contributed by atoms with Crippen LogP contribution in [-0.2, 0) is 11.3 Å². The first-order valence-electron chi connectivity index (χ1n) is 11.8. The molecule has 184 valence electrons. The third-order valence-electron chi connectivity index (χ3n) is 6.21. The lowest BCUT2D eigenvalue weighted by Gasteiger charge is -2.35. The lowest BCUT2D eigenvalue weighted by Crippen LogP contribution is -2.50. The van der Waals surface area contributed by atoms with Crippen LogP contribution in [0.25, 0.3) is 22.8 Å². The minimum Gasteiger partial charge on any atom is -0.497 e. The molecule has 3 heterocycles. The van der Waals surface area contributed by atoms with E-state index in [9.17, 15) is 4.79 Å². The van der Waals surface area contributed by atoms with Crippen LogP contribution >= 0.6 is 0 Å². The third-order valence-corrected chi connectivity index (χ3v) is 6.21. The summed E-state index contributed by atoms with van der Waals surface area (Å²) in [6.07, 6.45) is 0. The molecule has 1 aliphatic rings. The number of piperazine rings is 1. The molecule has 9 heteroatoms. The Labute approximate surface area is 209 Å². The van der Waals surface area contributed by atoms with Gasteiger partial charge in [-0.3, -0.25) is 4.79 Å². The summed E-state index contributed by atoms with van der Waals surface area (Å²) in [4.78, 5) is 26.6. The van der Waals surface area contributed by atoms with Crippen LogP contribution in [0.15, 0.2) is 72.8 Å². The number of aromatic nitrogens is 4. The molecule has 0 spiro atoms. The molecular weight excluding hydrogens is 456 g/mol. The molecular formula is C27H28N6O3. The zero-order valence-electron chi connectivity index (χ0n) is 20.4. The van der Waals surface area contributed by atoms with Crippen molar-refractivity contribution in [1.82, 2.24) is 24.6 Å². The van der Waals surface area contributed by atoms with Crippen molar-refractivity contribution in [2.24, 2.45) is 0 Å². The molecule has 0 N–H and O–H groups in total. The van der Waals surface area contributed by atoms with E-state index in [1.54, 1.807) is 18.9 Å². The van der Waals surface area contributed by atoms with Crippen molar-refractivity contribution < 1.29 is 14.3 Å². The second-order valence-corrected chi connectivity index (χ2v) is 8.42. The number of methoxy groups -OCH3 is 2. The molecule has 0 unspecified atom stereocenters. The van der Waals surface area contributed by atoms with E-state index in [0.717, 1.165) is 22.7 Å². The number of hydrogen-bond donors (Lipinski definition) is 0. The maximum atomic E-state index is 13.3. The van der Waals surface area contributed by atoms with Crippen LogP contribution in [0, 0.1) is 0 Å². The van der Waals surface area contributed by atoms with Gasteiger partial charge in [-0.1, -0.05) is 36.4 Å². The quantitative estimate of drug-likeness (QED) is 0.398. The van der Waals surface area contributed by atoms with Gasteiger partial charge in [0.25, 0.3) is 0 Å². The highest BCUT2D eigenvalue weighted by molar-refractivity contribution is 5.77. The van der Waals surface area contributed by atoms with Crippen molar-refractivity contribution in [2.75, 3.05) is 45.3 Å². The van der Waals surface area contributed by atoms with Crippen LogP contribution in [0.2, 0.25) is 0 Å². The summed E-state index contributed by atoms with van der Waals surface area (Å²) >= 11 is 0. The highest BCUT2D eigenvalue weighted by atomic mass is 16.5. The fraction of sp³-hybridized carbons (Fsp3) is 0.259. The van der Waals surface area contributed by atoms with Gasteiger partial charge in [0.05, 0.1) is 14.2 Å². The number of rotatable bonds is 7. The molecule has 1 amide bonds. The number of carbonyl (C=O) groups excluding carboxylic acids is 1. The van der Waals surface area contributed by atoms with Crippen LogP contribution in [-0.4, -0.2) is 71.0 Å². The Hall–Kier alpha value is -4.40. The number of carbonyl (C=O) groups is 1. The summed E-state index contributed by atoms with van der Waals surface area (Å²) < 4.78 is 12.2. The lowest BCUT2D eigenvalue weighted by atomic mass is 10.2. The van der Waals surface area contributed by atoms with E-state index < -0.39 is 0 Å². The molecule has 2 aromatic carbocycles. The summed E-state index contributed by atoms with van der Waals surface area (Å²) in [7, 11) is 3.24. The largest absolute Gasteiger partial charge is 0.497 e.